The third kappa shape index (κ3) is 4.02. The van der Waals surface area contributed by atoms with Gasteiger partial charge in [0.2, 0.25) is 0 Å². The zero-order valence-electron chi connectivity index (χ0n) is 11.7. The Morgan fingerprint density at radius 1 is 1.22 bits per heavy atom. The van der Waals surface area contributed by atoms with Crippen LogP contribution in [0.25, 0.3) is 0 Å². The van der Waals surface area contributed by atoms with E-state index in [4.69, 9.17) is 0 Å². The van der Waals surface area contributed by atoms with Crippen LogP contribution >= 0.6 is 0 Å². The summed E-state index contributed by atoms with van der Waals surface area (Å²) in [5, 5.41) is 3.69. The Hall–Kier alpha value is -1.02. The largest absolute Gasteiger partial charge is 0.375 e. The summed E-state index contributed by atoms with van der Waals surface area (Å²) in [5.74, 6) is 0.925. The number of nitrogens with one attached hydrogen (secondary N) is 1. The molecule has 2 rings (SSSR count). The third-order valence-electron chi connectivity index (χ3n) is 4.00. The molecular formula is C16H26N2. The van der Waals surface area contributed by atoms with Gasteiger partial charge in [-0.25, -0.2) is 0 Å². The van der Waals surface area contributed by atoms with Gasteiger partial charge in [0, 0.05) is 25.3 Å². The smallest absolute Gasteiger partial charge is 0.0363 e. The van der Waals surface area contributed by atoms with Crippen molar-refractivity contribution in [1.29, 1.82) is 0 Å². The average Bonchev–Trinajstić information content (AvgIpc) is 2.81. The zero-order valence-corrected chi connectivity index (χ0v) is 11.7. The first-order valence-corrected chi connectivity index (χ1v) is 7.25. The van der Waals surface area contributed by atoms with E-state index >= 15 is 0 Å². The first-order valence-electron chi connectivity index (χ1n) is 7.25. The molecule has 0 spiro atoms. The molecule has 1 N–H and O–H groups in total. The minimum absolute atomic E-state index is 0.780. The van der Waals surface area contributed by atoms with Gasteiger partial charge >= 0.3 is 0 Å². The first kappa shape index (κ1) is 13.4. The lowest BCUT2D eigenvalue weighted by Crippen LogP contribution is -2.30. The van der Waals surface area contributed by atoms with Crippen LogP contribution in [0.1, 0.15) is 32.6 Å². The summed E-state index contributed by atoms with van der Waals surface area (Å²) in [6, 6.07) is 11.4. The van der Waals surface area contributed by atoms with Crippen LogP contribution in [0.15, 0.2) is 30.3 Å². The molecule has 0 aliphatic heterocycles. The lowest BCUT2D eigenvalue weighted by molar-refractivity contribution is 0.497. The summed E-state index contributed by atoms with van der Waals surface area (Å²) in [6.45, 7) is 4.64. The molecule has 2 heteroatoms. The molecule has 1 saturated carbocycles. The number of rotatable bonds is 6. The Bertz CT molecular complexity index is 336. The van der Waals surface area contributed by atoms with E-state index in [0.29, 0.717) is 0 Å². The van der Waals surface area contributed by atoms with E-state index in [2.05, 4.69) is 54.5 Å². The Kier molecular flexibility index (Phi) is 5.06. The normalized spacial score (nSPS) is 23.2. The molecule has 1 aliphatic rings. The van der Waals surface area contributed by atoms with Crippen LogP contribution in [0, 0.1) is 5.92 Å². The van der Waals surface area contributed by atoms with E-state index in [-0.39, 0.29) is 0 Å². The fraction of sp³-hybridized carbons (Fsp3) is 0.625. The molecule has 1 aromatic carbocycles. The lowest BCUT2D eigenvalue weighted by Gasteiger charge is -2.20. The van der Waals surface area contributed by atoms with Crippen molar-refractivity contribution < 1.29 is 0 Å². The van der Waals surface area contributed by atoms with Crippen molar-refractivity contribution in [2.24, 2.45) is 5.92 Å². The number of para-hydroxylation sites is 1. The number of hydrogen-bond acceptors (Lipinski definition) is 2. The highest BCUT2D eigenvalue weighted by atomic mass is 15.1. The second-order valence-corrected chi connectivity index (χ2v) is 5.68. The lowest BCUT2D eigenvalue weighted by atomic mass is 10.1. The average molecular weight is 246 g/mol. The molecule has 100 valence electrons. The van der Waals surface area contributed by atoms with Gasteiger partial charge in [-0.15, -0.1) is 0 Å². The Balaban J connectivity index is 1.61. The summed E-state index contributed by atoms with van der Waals surface area (Å²) >= 11 is 0. The number of nitrogens with zero attached hydrogens (tertiary/aromatic N) is 1. The van der Waals surface area contributed by atoms with Crippen LogP contribution in [0.5, 0.6) is 0 Å². The topological polar surface area (TPSA) is 15.3 Å². The first-order chi connectivity index (χ1) is 8.75. The van der Waals surface area contributed by atoms with Crippen LogP contribution in [-0.2, 0) is 0 Å². The van der Waals surface area contributed by atoms with E-state index in [9.17, 15) is 0 Å². The predicted molar refractivity (Wildman–Crippen MR) is 79.1 cm³/mol. The van der Waals surface area contributed by atoms with Gasteiger partial charge < -0.3 is 10.2 Å². The highest BCUT2D eigenvalue weighted by Crippen LogP contribution is 2.24. The van der Waals surface area contributed by atoms with Crippen LogP contribution in [0.2, 0.25) is 0 Å². The summed E-state index contributed by atoms with van der Waals surface area (Å²) in [7, 11) is 2.17. The maximum absolute atomic E-state index is 3.69. The molecular weight excluding hydrogens is 220 g/mol. The molecule has 1 fully saturated rings. The number of anilines is 1. The molecule has 18 heavy (non-hydrogen) atoms. The van der Waals surface area contributed by atoms with Gasteiger partial charge in [0.1, 0.15) is 0 Å². The van der Waals surface area contributed by atoms with Crippen molar-refractivity contribution in [3.63, 3.8) is 0 Å². The minimum atomic E-state index is 0.780. The van der Waals surface area contributed by atoms with E-state index < -0.39 is 0 Å². The maximum Gasteiger partial charge on any atom is 0.0363 e. The van der Waals surface area contributed by atoms with Crippen LogP contribution in [0.3, 0.4) is 0 Å². The van der Waals surface area contributed by atoms with Gasteiger partial charge in [-0.2, -0.15) is 0 Å². The zero-order chi connectivity index (χ0) is 12.8. The fourth-order valence-electron chi connectivity index (χ4n) is 2.83. The SMILES string of the molecule is CC1CCC(NCCCN(C)c2ccccc2)C1. The Labute approximate surface area is 111 Å². The second-order valence-electron chi connectivity index (χ2n) is 5.68. The third-order valence-corrected chi connectivity index (χ3v) is 4.00. The van der Waals surface area contributed by atoms with Crippen molar-refractivity contribution in [1.82, 2.24) is 5.32 Å². The van der Waals surface area contributed by atoms with Gasteiger partial charge in [0.25, 0.3) is 0 Å². The van der Waals surface area contributed by atoms with Gasteiger partial charge in [-0.3, -0.25) is 0 Å². The molecule has 2 nitrogen and oxygen atoms in total. The van der Waals surface area contributed by atoms with Crippen LogP contribution < -0.4 is 10.2 Å². The highest BCUT2D eigenvalue weighted by Gasteiger charge is 2.20. The molecule has 0 amide bonds. The van der Waals surface area contributed by atoms with Gasteiger partial charge in [-0.1, -0.05) is 25.1 Å². The van der Waals surface area contributed by atoms with E-state index in [1.807, 2.05) is 0 Å². The maximum atomic E-state index is 3.69. The van der Waals surface area contributed by atoms with Gasteiger partial charge in [-0.05, 0) is 50.3 Å². The molecule has 1 aliphatic carbocycles. The molecule has 0 bridgehead atoms. The van der Waals surface area contributed by atoms with Crippen molar-refractivity contribution in [2.75, 3.05) is 25.0 Å². The molecule has 0 aromatic heterocycles. The quantitative estimate of drug-likeness (QED) is 0.775. The number of hydrogen-bond donors (Lipinski definition) is 1. The predicted octanol–water partition coefficient (Wildman–Crippen LogP) is 3.29. The molecule has 0 saturated heterocycles. The summed E-state index contributed by atoms with van der Waals surface area (Å²) in [4.78, 5) is 2.33. The summed E-state index contributed by atoms with van der Waals surface area (Å²) in [6.07, 6.45) is 5.36. The van der Waals surface area contributed by atoms with Crippen molar-refractivity contribution in [3.8, 4) is 0 Å². The molecule has 0 heterocycles. The van der Waals surface area contributed by atoms with E-state index in [0.717, 1.165) is 25.0 Å². The summed E-state index contributed by atoms with van der Waals surface area (Å²) in [5.41, 5.74) is 1.31. The van der Waals surface area contributed by atoms with Gasteiger partial charge in [0.05, 0.1) is 0 Å². The number of benzene rings is 1. The van der Waals surface area contributed by atoms with Crippen LogP contribution in [-0.4, -0.2) is 26.2 Å². The van der Waals surface area contributed by atoms with Gasteiger partial charge in [0.15, 0.2) is 0 Å². The Morgan fingerprint density at radius 3 is 2.67 bits per heavy atom. The Morgan fingerprint density at radius 2 is 2.00 bits per heavy atom. The van der Waals surface area contributed by atoms with Crippen molar-refractivity contribution in [2.45, 2.75) is 38.6 Å². The van der Waals surface area contributed by atoms with Crippen LogP contribution in [0.4, 0.5) is 5.69 Å². The fourth-order valence-corrected chi connectivity index (χ4v) is 2.83. The minimum Gasteiger partial charge on any atom is -0.375 e. The van der Waals surface area contributed by atoms with Crippen molar-refractivity contribution in [3.05, 3.63) is 30.3 Å². The molecule has 0 radical (unpaired) electrons. The molecule has 2 unspecified atom stereocenters. The van der Waals surface area contributed by atoms with E-state index in [1.165, 1.54) is 31.4 Å². The highest BCUT2D eigenvalue weighted by molar-refractivity contribution is 5.44. The molecule has 2 atom stereocenters. The van der Waals surface area contributed by atoms with Crippen molar-refractivity contribution >= 4 is 5.69 Å². The monoisotopic (exact) mass is 246 g/mol. The molecule has 1 aromatic rings. The summed E-state index contributed by atoms with van der Waals surface area (Å²) < 4.78 is 0. The second kappa shape index (κ2) is 6.79. The van der Waals surface area contributed by atoms with E-state index in [1.54, 1.807) is 0 Å². The standard InChI is InChI=1S/C16H26N2/c1-14-9-10-15(13-14)17-11-6-12-18(2)16-7-4-3-5-8-16/h3-5,7-8,14-15,17H,6,9-13H2,1-2H3.